The van der Waals surface area contributed by atoms with Crippen molar-refractivity contribution in [3.63, 3.8) is 0 Å². The minimum absolute atomic E-state index is 0.0550. The summed E-state index contributed by atoms with van der Waals surface area (Å²) in [5.74, 6) is -3.29. The lowest BCUT2D eigenvalue weighted by molar-refractivity contribution is 0.296. The summed E-state index contributed by atoms with van der Waals surface area (Å²) < 4.78 is 44.9. The molecule has 20 heavy (non-hydrogen) atoms. The lowest BCUT2D eigenvalue weighted by atomic mass is 10.0. The van der Waals surface area contributed by atoms with E-state index in [1.54, 1.807) is 12.1 Å². The highest BCUT2D eigenvalue weighted by atomic mass is 19.2. The van der Waals surface area contributed by atoms with Gasteiger partial charge in [0.25, 0.3) is 0 Å². The van der Waals surface area contributed by atoms with E-state index >= 15 is 0 Å². The summed E-state index contributed by atoms with van der Waals surface area (Å²) in [6.07, 6.45) is 0.289. The molecule has 0 saturated heterocycles. The van der Waals surface area contributed by atoms with Crippen LogP contribution in [0.4, 0.5) is 13.2 Å². The van der Waals surface area contributed by atoms with Crippen LogP contribution in [-0.2, 0) is 0 Å². The number of ether oxygens (including phenoxy) is 1. The zero-order chi connectivity index (χ0) is 14.5. The predicted molar refractivity (Wildman–Crippen MR) is 69.8 cm³/mol. The SMILES string of the molecule is NC(CCOc1ccccc1)c1ccc(F)c(F)c1F. The minimum Gasteiger partial charge on any atom is -0.494 e. The first-order valence-electron chi connectivity index (χ1n) is 6.16. The third-order valence-corrected chi connectivity index (χ3v) is 2.91. The molecule has 0 radical (unpaired) electrons. The van der Waals surface area contributed by atoms with Gasteiger partial charge in [-0.15, -0.1) is 0 Å². The molecular weight excluding hydrogens is 267 g/mol. The van der Waals surface area contributed by atoms with Gasteiger partial charge in [0.1, 0.15) is 5.75 Å². The zero-order valence-corrected chi connectivity index (χ0v) is 10.7. The zero-order valence-electron chi connectivity index (χ0n) is 10.7. The molecule has 1 atom stereocenters. The highest BCUT2D eigenvalue weighted by Gasteiger charge is 2.18. The van der Waals surface area contributed by atoms with Gasteiger partial charge < -0.3 is 10.5 Å². The number of hydrogen-bond acceptors (Lipinski definition) is 2. The summed E-state index contributed by atoms with van der Waals surface area (Å²) in [5, 5.41) is 0. The van der Waals surface area contributed by atoms with Gasteiger partial charge >= 0.3 is 0 Å². The Morgan fingerprint density at radius 3 is 2.35 bits per heavy atom. The molecule has 0 heterocycles. The maximum Gasteiger partial charge on any atom is 0.194 e. The van der Waals surface area contributed by atoms with Crippen molar-refractivity contribution in [2.24, 2.45) is 5.73 Å². The van der Waals surface area contributed by atoms with Crippen LogP contribution in [0.3, 0.4) is 0 Å². The van der Waals surface area contributed by atoms with Crippen LogP contribution in [0.15, 0.2) is 42.5 Å². The standard InChI is InChI=1S/C15H14F3NO/c16-12-7-6-11(14(17)15(12)18)13(19)8-9-20-10-4-2-1-3-5-10/h1-7,13H,8-9,19H2. The quantitative estimate of drug-likeness (QED) is 0.850. The van der Waals surface area contributed by atoms with Crippen molar-refractivity contribution in [2.45, 2.75) is 12.5 Å². The average molecular weight is 281 g/mol. The molecule has 0 aromatic heterocycles. The smallest absolute Gasteiger partial charge is 0.194 e. The number of hydrogen-bond donors (Lipinski definition) is 1. The maximum absolute atomic E-state index is 13.5. The molecule has 0 aliphatic carbocycles. The molecule has 0 spiro atoms. The van der Waals surface area contributed by atoms with E-state index in [-0.39, 0.29) is 18.6 Å². The molecule has 0 saturated carbocycles. The van der Waals surface area contributed by atoms with Crippen molar-refractivity contribution >= 4 is 0 Å². The van der Waals surface area contributed by atoms with Gasteiger partial charge in [0, 0.05) is 18.0 Å². The van der Waals surface area contributed by atoms with E-state index < -0.39 is 23.5 Å². The van der Waals surface area contributed by atoms with Gasteiger partial charge in [-0.05, 0) is 18.2 Å². The first-order chi connectivity index (χ1) is 9.59. The first-order valence-corrected chi connectivity index (χ1v) is 6.16. The molecule has 1 unspecified atom stereocenters. The molecule has 0 aliphatic rings. The highest BCUT2D eigenvalue weighted by Crippen LogP contribution is 2.22. The Balaban J connectivity index is 1.95. The van der Waals surface area contributed by atoms with Gasteiger partial charge in [0.15, 0.2) is 17.5 Å². The number of halogens is 3. The van der Waals surface area contributed by atoms with Crippen molar-refractivity contribution in [1.82, 2.24) is 0 Å². The summed E-state index contributed by atoms with van der Waals surface area (Å²) in [6, 6.07) is 10.3. The number of benzene rings is 2. The van der Waals surface area contributed by atoms with Gasteiger partial charge in [-0.25, -0.2) is 13.2 Å². The fraction of sp³-hybridized carbons (Fsp3) is 0.200. The summed E-state index contributed by atoms with van der Waals surface area (Å²) in [5.41, 5.74) is 5.71. The second kappa shape index (κ2) is 6.43. The average Bonchev–Trinajstić information content (AvgIpc) is 2.46. The molecule has 2 aromatic rings. The normalized spacial score (nSPS) is 12.2. The molecule has 0 fully saturated rings. The van der Waals surface area contributed by atoms with Crippen molar-refractivity contribution in [2.75, 3.05) is 6.61 Å². The van der Waals surface area contributed by atoms with Crippen molar-refractivity contribution in [1.29, 1.82) is 0 Å². The lowest BCUT2D eigenvalue weighted by Crippen LogP contribution is -2.16. The summed E-state index contributed by atoms with van der Waals surface area (Å²) in [7, 11) is 0. The fourth-order valence-corrected chi connectivity index (χ4v) is 1.80. The second-order valence-electron chi connectivity index (χ2n) is 4.32. The van der Waals surface area contributed by atoms with Crippen LogP contribution < -0.4 is 10.5 Å². The van der Waals surface area contributed by atoms with E-state index in [9.17, 15) is 13.2 Å². The van der Waals surface area contributed by atoms with Crippen LogP contribution in [0.1, 0.15) is 18.0 Å². The van der Waals surface area contributed by atoms with Crippen molar-refractivity contribution < 1.29 is 17.9 Å². The molecule has 5 heteroatoms. The molecule has 2 rings (SSSR count). The van der Waals surface area contributed by atoms with E-state index in [0.717, 1.165) is 12.1 Å². The van der Waals surface area contributed by atoms with Crippen LogP contribution in [0.2, 0.25) is 0 Å². The van der Waals surface area contributed by atoms with E-state index in [1.807, 2.05) is 18.2 Å². The molecule has 2 nitrogen and oxygen atoms in total. The lowest BCUT2D eigenvalue weighted by Gasteiger charge is -2.14. The minimum atomic E-state index is -1.50. The second-order valence-corrected chi connectivity index (χ2v) is 4.32. The van der Waals surface area contributed by atoms with Crippen LogP contribution in [0, 0.1) is 17.5 Å². The molecule has 0 aliphatic heterocycles. The molecule has 2 aromatic carbocycles. The Morgan fingerprint density at radius 1 is 0.950 bits per heavy atom. The third kappa shape index (κ3) is 3.30. The van der Waals surface area contributed by atoms with Crippen molar-refractivity contribution in [3.8, 4) is 5.75 Å². The number of nitrogens with two attached hydrogens (primary N) is 1. The van der Waals surface area contributed by atoms with Crippen molar-refractivity contribution in [3.05, 3.63) is 65.5 Å². The summed E-state index contributed by atoms with van der Waals surface area (Å²) >= 11 is 0. The fourth-order valence-electron chi connectivity index (χ4n) is 1.80. The van der Waals surface area contributed by atoms with E-state index in [4.69, 9.17) is 10.5 Å². The topological polar surface area (TPSA) is 35.2 Å². The van der Waals surface area contributed by atoms with E-state index in [1.165, 1.54) is 0 Å². The van der Waals surface area contributed by atoms with E-state index in [2.05, 4.69) is 0 Å². The van der Waals surface area contributed by atoms with Crippen LogP contribution in [0.5, 0.6) is 5.75 Å². The Bertz CT molecular complexity index is 575. The molecule has 2 N–H and O–H groups in total. The number of para-hydroxylation sites is 1. The van der Waals surface area contributed by atoms with Crippen LogP contribution in [-0.4, -0.2) is 6.61 Å². The largest absolute Gasteiger partial charge is 0.494 e. The molecule has 0 amide bonds. The molecule has 106 valence electrons. The van der Waals surface area contributed by atoms with Crippen LogP contribution in [0.25, 0.3) is 0 Å². The summed E-state index contributed by atoms with van der Waals surface area (Å²) in [4.78, 5) is 0. The Labute approximate surface area is 115 Å². The highest BCUT2D eigenvalue weighted by molar-refractivity contribution is 5.24. The summed E-state index contributed by atoms with van der Waals surface area (Å²) in [6.45, 7) is 0.254. The van der Waals surface area contributed by atoms with Gasteiger partial charge in [0.05, 0.1) is 6.61 Å². The monoisotopic (exact) mass is 281 g/mol. The maximum atomic E-state index is 13.5. The Morgan fingerprint density at radius 2 is 1.65 bits per heavy atom. The van der Waals surface area contributed by atoms with Gasteiger partial charge in [-0.3, -0.25) is 0 Å². The van der Waals surface area contributed by atoms with Gasteiger partial charge in [0.2, 0.25) is 0 Å². The van der Waals surface area contributed by atoms with E-state index in [0.29, 0.717) is 5.75 Å². The van der Waals surface area contributed by atoms with Crippen LogP contribution >= 0.6 is 0 Å². The van der Waals surface area contributed by atoms with Gasteiger partial charge in [-0.1, -0.05) is 24.3 Å². The Kier molecular flexibility index (Phi) is 4.63. The van der Waals surface area contributed by atoms with Gasteiger partial charge in [-0.2, -0.15) is 0 Å². The predicted octanol–water partition coefficient (Wildman–Crippen LogP) is 3.57. The number of rotatable bonds is 5. The molecular formula is C15H14F3NO. The third-order valence-electron chi connectivity index (χ3n) is 2.91. The Hall–Kier alpha value is -2.01. The molecule has 0 bridgehead atoms. The first kappa shape index (κ1) is 14.4.